The molecule has 3 heterocycles. The summed E-state index contributed by atoms with van der Waals surface area (Å²) in [4.78, 5) is 4.97. The molecule has 3 nitrogen and oxygen atoms in total. The molecule has 0 saturated heterocycles. The van der Waals surface area contributed by atoms with Crippen molar-refractivity contribution in [1.29, 1.82) is 0 Å². The second-order valence-corrected chi connectivity index (χ2v) is 13.8. The first kappa shape index (κ1) is 30.1. The van der Waals surface area contributed by atoms with E-state index in [0.717, 1.165) is 28.2 Å². The van der Waals surface area contributed by atoms with Crippen molar-refractivity contribution in [2.45, 2.75) is 13.8 Å². The Hall–Kier alpha value is -6.71. The van der Waals surface area contributed by atoms with Crippen LogP contribution in [0, 0.1) is 13.8 Å². The van der Waals surface area contributed by atoms with Gasteiger partial charge in [-0.3, -0.25) is 4.98 Å². The Morgan fingerprint density at radius 2 is 0.808 bits per heavy atom. The molecule has 0 spiro atoms. The van der Waals surface area contributed by atoms with Gasteiger partial charge < -0.3 is 9.13 Å². The molecule has 0 aliphatic rings. The lowest BCUT2D eigenvalue weighted by molar-refractivity contribution is 1.18. The lowest BCUT2D eigenvalue weighted by Gasteiger charge is -2.14. The maximum atomic E-state index is 4.97. The van der Waals surface area contributed by atoms with Gasteiger partial charge in [-0.15, -0.1) is 0 Å². The van der Waals surface area contributed by atoms with E-state index >= 15 is 0 Å². The predicted octanol–water partition coefficient (Wildman–Crippen LogP) is 12.9. The van der Waals surface area contributed by atoms with Crippen LogP contribution in [0.2, 0.25) is 0 Å². The topological polar surface area (TPSA) is 22.8 Å². The van der Waals surface area contributed by atoms with Gasteiger partial charge in [-0.05, 0) is 108 Å². The standard InChI is InChI=1S/C49H35N3/c1-32-25-26-36(29-43(32)34-13-11-15-37(27-34)51-46-21-7-3-17-39(46)40-18-4-8-22-47(40)51)45-30-44(33(2)31-50-45)35-14-12-16-38(28-35)52-48-23-9-5-19-41(48)42-20-6-10-24-49(42)52/h3-31H,1-2H3. The highest BCUT2D eigenvalue weighted by atomic mass is 15.0. The number of benzene rings is 7. The highest BCUT2D eigenvalue weighted by Crippen LogP contribution is 2.37. The van der Waals surface area contributed by atoms with Crippen LogP contribution >= 0.6 is 0 Å². The van der Waals surface area contributed by atoms with Crippen LogP contribution < -0.4 is 0 Å². The number of hydrogen-bond acceptors (Lipinski definition) is 1. The third kappa shape index (κ3) is 4.78. The molecule has 0 unspecified atom stereocenters. The first-order chi connectivity index (χ1) is 25.6. The third-order valence-corrected chi connectivity index (χ3v) is 10.6. The minimum absolute atomic E-state index is 0.961. The Balaban J connectivity index is 1.06. The molecule has 10 aromatic rings. The first-order valence-electron chi connectivity index (χ1n) is 17.9. The van der Waals surface area contributed by atoms with Crippen molar-refractivity contribution in [3.05, 3.63) is 187 Å². The van der Waals surface area contributed by atoms with Crippen molar-refractivity contribution in [3.8, 4) is 44.9 Å². The zero-order valence-corrected chi connectivity index (χ0v) is 29.1. The van der Waals surface area contributed by atoms with E-state index in [1.165, 1.54) is 71.4 Å². The summed E-state index contributed by atoms with van der Waals surface area (Å²) in [6.45, 7) is 4.35. The number of pyridine rings is 1. The molecule has 7 aromatic carbocycles. The van der Waals surface area contributed by atoms with Crippen molar-refractivity contribution in [3.63, 3.8) is 0 Å². The lowest BCUT2D eigenvalue weighted by Crippen LogP contribution is -1.96. The van der Waals surface area contributed by atoms with Gasteiger partial charge in [0.2, 0.25) is 0 Å². The van der Waals surface area contributed by atoms with Gasteiger partial charge in [0.1, 0.15) is 0 Å². The molecule has 246 valence electrons. The van der Waals surface area contributed by atoms with Gasteiger partial charge in [0, 0.05) is 44.7 Å². The van der Waals surface area contributed by atoms with Gasteiger partial charge in [-0.2, -0.15) is 0 Å². The molecule has 0 aliphatic carbocycles. The summed E-state index contributed by atoms with van der Waals surface area (Å²) in [5, 5.41) is 5.07. The van der Waals surface area contributed by atoms with Crippen LogP contribution in [0.15, 0.2) is 176 Å². The van der Waals surface area contributed by atoms with Gasteiger partial charge in [0.05, 0.1) is 27.8 Å². The van der Waals surface area contributed by atoms with E-state index in [9.17, 15) is 0 Å². The van der Waals surface area contributed by atoms with Gasteiger partial charge in [-0.1, -0.05) is 109 Å². The highest BCUT2D eigenvalue weighted by Gasteiger charge is 2.16. The summed E-state index contributed by atoms with van der Waals surface area (Å²) in [7, 11) is 0. The van der Waals surface area contributed by atoms with Crippen LogP contribution in [0.3, 0.4) is 0 Å². The summed E-state index contributed by atoms with van der Waals surface area (Å²) >= 11 is 0. The summed E-state index contributed by atoms with van der Waals surface area (Å²) in [6.07, 6.45) is 2.01. The van der Waals surface area contributed by atoms with Gasteiger partial charge in [-0.25, -0.2) is 0 Å². The number of fused-ring (bicyclic) bond motifs is 6. The normalized spacial score (nSPS) is 11.7. The number of aromatic nitrogens is 3. The SMILES string of the molecule is Cc1ccc(-c2cc(-c3cccc(-n4c5ccccc5c5ccccc54)c3)c(C)cn2)cc1-c1cccc(-n2c3ccccc3c3ccccc32)c1. The monoisotopic (exact) mass is 665 g/mol. The van der Waals surface area contributed by atoms with Crippen molar-refractivity contribution in [2.24, 2.45) is 0 Å². The quantitative estimate of drug-likeness (QED) is 0.179. The minimum Gasteiger partial charge on any atom is -0.309 e. The number of rotatable bonds is 5. The smallest absolute Gasteiger partial charge is 0.0708 e. The van der Waals surface area contributed by atoms with Crippen LogP contribution in [0.1, 0.15) is 11.1 Å². The molecule has 0 saturated carbocycles. The van der Waals surface area contributed by atoms with Crippen LogP contribution in [0.25, 0.3) is 88.5 Å². The fourth-order valence-electron chi connectivity index (χ4n) is 8.11. The Bertz CT molecular complexity index is 2680. The van der Waals surface area contributed by atoms with Crippen molar-refractivity contribution >= 4 is 43.6 Å². The molecule has 0 radical (unpaired) electrons. The molecule has 3 aromatic heterocycles. The number of hydrogen-bond donors (Lipinski definition) is 0. The molecule has 10 rings (SSSR count). The lowest BCUT2D eigenvalue weighted by atomic mass is 9.94. The Kier molecular flexibility index (Phi) is 6.94. The molecule has 0 atom stereocenters. The molecule has 0 aliphatic heterocycles. The summed E-state index contributed by atoms with van der Waals surface area (Å²) in [5.74, 6) is 0. The Morgan fingerprint density at radius 3 is 1.29 bits per heavy atom. The first-order valence-corrected chi connectivity index (χ1v) is 17.9. The molecule has 52 heavy (non-hydrogen) atoms. The van der Waals surface area contributed by atoms with E-state index in [-0.39, 0.29) is 0 Å². The zero-order valence-electron chi connectivity index (χ0n) is 29.1. The van der Waals surface area contributed by atoms with E-state index < -0.39 is 0 Å². The molecule has 0 bridgehead atoms. The molecular weight excluding hydrogens is 631 g/mol. The van der Waals surface area contributed by atoms with Gasteiger partial charge in [0.15, 0.2) is 0 Å². The third-order valence-electron chi connectivity index (χ3n) is 10.6. The van der Waals surface area contributed by atoms with Crippen LogP contribution in [0.5, 0.6) is 0 Å². The second kappa shape index (κ2) is 12.0. The van der Waals surface area contributed by atoms with Crippen LogP contribution in [-0.4, -0.2) is 14.1 Å². The van der Waals surface area contributed by atoms with E-state index in [0.29, 0.717) is 0 Å². The average molecular weight is 666 g/mol. The second-order valence-electron chi connectivity index (χ2n) is 13.8. The van der Waals surface area contributed by atoms with E-state index in [4.69, 9.17) is 4.98 Å². The number of nitrogens with zero attached hydrogens (tertiary/aromatic N) is 3. The Labute approximate surface area is 302 Å². The molecule has 3 heteroatoms. The van der Waals surface area contributed by atoms with Crippen molar-refractivity contribution < 1.29 is 0 Å². The van der Waals surface area contributed by atoms with E-state index in [1.807, 2.05) is 6.20 Å². The fourth-order valence-corrected chi connectivity index (χ4v) is 8.11. The molecule has 0 fully saturated rings. The molecule has 0 N–H and O–H groups in total. The maximum Gasteiger partial charge on any atom is 0.0708 e. The summed E-state index contributed by atoms with van der Waals surface area (Å²) < 4.78 is 4.76. The van der Waals surface area contributed by atoms with Crippen LogP contribution in [0.4, 0.5) is 0 Å². The molecular formula is C49H35N3. The number of para-hydroxylation sites is 4. The zero-order chi connectivity index (χ0) is 34.8. The maximum absolute atomic E-state index is 4.97. The van der Waals surface area contributed by atoms with Gasteiger partial charge >= 0.3 is 0 Å². The van der Waals surface area contributed by atoms with Gasteiger partial charge in [0.25, 0.3) is 0 Å². The average Bonchev–Trinajstić information content (AvgIpc) is 3.72. The van der Waals surface area contributed by atoms with E-state index in [1.54, 1.807) is 0 Å². The highest BCUT2D eigenvalue weighted by molar-refractivity contribution is 6.10. The van der Waals surface area contributed by atoms with Crippen molar-refractivity contribution in [2.75, 3.05) is 0 Å². The summed E-state index contributed by atoms with van der Waals surface area (Å²) in [6, 6.07) is 61.5. The minimum atomic E-state index is 0.961. The fraction of sp³-hybridized carbons (Fsp3) is 0.0408. The largest absolute Gasteiger partial charge is 0.309 e. The Morgan fingerprint density at radius 1 is 0.365 bits per heavy atom. The molecule has 0 amide bonds. The van der Waals surface area contributed by atoms with E-state index in [2.05, 4.69) is 193 Å². The predicted molar refractivity (Wildman–Crippen MR) is 219 cm³/mol. The van der Waals surface area contributed by atoms with Crippen molar-refractivity contribution in [1.82, 2.24) is 14.1 Å². The summed E-state index contributed by atoms with van der Waals surface area (Å²) in [5.41, 5.74) is 16.3. The number of aryl methyl sites for hydroxylation is 2. The van der Waals surface area contributed by atoms with Crippen LogP contribution in [-0.2, 0) is 0 Å².